The van der Waals surface area contributed by atoms with Crippen molar-refractivity contribution in [3.8, 4) is 0 Å². The molecule has 0 spiro atoms. The molecule has 3 saturated heterocycles. The zero-order chi connectivity index (χ0) is 15.0. The first-order chi connectivity index (χ1) is 10.1. The third-order valence-electron chi connectivity index (χ3n) is 4.00. The number of carbonyl (C=O) groups is 2. The van der Waals surface area contributed by atoms with E-state index in [1.165, 1.54) is 18.3 Å². The van der Waals surface area contributed by atoms with E-state index in [1.807, 2.05) is 0 Å². The fraction of sp³-hybridized carbons (Fsp3) is 0.643. The van der Waals surface area contributed by atoms with Crippen LogP contribution in [0.2, 0.25) is 0 Å². The molecule has 3 aliphatic rings. The van der Waals surface area contributed by atoms with Crippen molar-refractivity contribution in [1.82, 2.24) is 14.8 Å². The number of hydrogen-bond donors (Lipinski definition) is 0. The number of ether oxygens (including phenoxy) is 1. The van der Waals surface area contributed by atoms with Crippen LogP contribution in [0.4, 0.5) is 0 Å². The van der Waals surface area contributed by atoms with Gasteiger partial charge >= 0.3 is 5.97 Å². The number of hydrogen-bond acceptors (Lipinski definition) is 7. The number of Topliss-reactive ketones (excluding diaryl/α,β-unsaturated/α-hetero) is 1. The maximum absolute atomic E-state index is 12.0. The Balaban J connectivity index is 1.91. The summed E-state index contributed by atoms with van der Waals surface area (Å²) >= 11 is 1.34. The van der Waals surface area contributed by atoms with Crippen LogP contribution in [0.3, 0.4) is 0 Å². The summed E-state index contributed by atoms with van der Waals surface area (Å²) in [4.78, 5) is 33.4. The molecule has 3 aliphatic heterocycles. The Morgan fingerprint density at radius 2 is 2.05 bits per heavy atom. The van der Waals surface area contributed by atoms with Gasteiger partial charge in [-0.2, -0.15) is 0 Å². The number of rotatable bonds is 4. The Morgan fingerprint density at radius 3 is 2.57 bits per heavy atom. The Kier molecular flexibility index (Phi) is 4.05. The van der Waals surface area contributed by atoms with E-state index >= 15 is 0 Å². The van der Waals surface area contributed by atoms with Gasteiger partial charge in [-0.15, -0.1) is 11.3 Å². The van der Waals surface area contributed by atoms with Crippen molar-refractivity contribution in [2.75, 3.05) is 39.3 Å². The summed E-state index contributed by atoms with van der Waals surface area (Å²) in [6.07, 6.45) is 0. The summed E-state index contributed by atoms with van der Waals surface area (Å²) in [5, 5.41) is 0.854. The van der Waals surface area contributed by atoms with Crippen molar-refractivity contribution in [2.45, 2.75) is 19.9 Å². The first kappa shape index (κ1) is 14.6. The standard InChI is InChI=1S/C14H19N3O3S/c1-3-20-14(19)11-12(9(2)18)21-13(15-11)10-8-16-4-6-17(10)7-5-16/h10H,3-8H2,1-2H3. The summed E-state index contributed by atoms with van der Waals surface area (Å²) < 4.78 is 5.01. The van der Waals surface area contributed by atoms with Gasteiger partial charge in [0.05, 0.1) is 12.6 Å². The molecule has 6 nitrogen and oxygen atoms in total. The molecule has 1 aromatic heterocycles. The van der Waals surface area contributed by atoms with Crippen LogP contribution >= 0.6 is 11.3 Å². The van der Waals surface area contributed by atoms with Crippen molar-refractivity contribution < 1.29 is 14.3 Å². The van der Waals surface area contributed by atoms with Crippen LogP contribution in [-0.4, -0.2) is 65.9 Å². The Hall–Kier alpha value is -1.31. The lowest BCUT2D eigenvalue weighted by molar-refractivity contribution is 0.0121. The van der Waals surface area contributed by atoms with E-state index in [9.17, 15) is 9.59 Å². The van der Waals surface area contributed by atoms with Crippen molar-refractivity contribution in [1.29, 1.82) is 0 Å². The van der Waals surface area contributed by atoms with Gasteiger partial charge in [0.15, 0.2) is 11.5 Å². The van der Waals surface area contributed by atoms with Gasteiger partial charge in [0.25, 0.3) is 0 Å². The quantitative estimate of drug-likeness (QED) is 0.615. The Morgan fingerprint density at radius 1 is 1.33 bits per heavy atom. The van der Waals surface area contributed by atoms with Crippen molar-refractivity contribution in [3.63, 3.8) is 0 Å². The zero-order valence-electron chi connectivity index (χ0n) is 12.3. The van der Waals surface area contributed by atoms with E-state index in [2.05, 4.69) is 14.8 Å². The largest absolute Gasteiger partial charge is 0.461 e. The van der Waals surface area contributed by atoms with Crippen LogP contribution in [0.1, 0.15) is 45.1 Å². The molecule has 1 unspecified atom stereocenters. The minimum atomic E-state index is -0.499. The number of ketones is 1. The number of carbonyl (C=O) groups excluding carboxylic acids is 2. The first-order valence-electron chi connectivity index (χ1n) is 7.25. The average Bonchev–Trinajstić information content (AvgIpc) is 2.94. The summed E-state index contributed by atoms with van der Waals surface area (Å²) in [6, 6.07) is 0.193. The minimum Gasteiger partial charge on any atom is -0.461 e. The van der Waals surface area contributed by atoms with Gasteiger partial charge in [0.2, 0.25) is 0 Å². The molecule has 0 N–H and O–H groups in total. The molecule has 3 fully saturated rings. The van der Waals surface area contributed by atoms with Gasteiger partial charge in [-0.05, 0) is 6.92 Å². The molecule has 4 rings (SSSR count). The van der Waals surface area contributed by atoms with Gasteiger partial charge < -0.3 is 4.74 Å². The van der Waals surface area contributed by atoms with Crippen LogP contribution in [0, 0.1) is 0 Å². The molecule has 2 bridgehead atoms. The maximum Gasteiger partial charge on any atom is 0.358 e. The smallest absolute Gasteiger partial charge is 0.358 e. The SMILES string of the molecule is CCOC(=O)c1nc(C2CN3CCN2CC3)sc1C(C)=O. The highest BCUT2D eigenvalue weighted by atomic mass is 32.1. The average molecular weight is 309 g/mol. The van der Waals surface area contributed by atoms with Gasteiger partial charge in [0, 0.05) is 39.6 Å². The first-order valence-corrected chi connectivity index (χ1v) is 8.07. The highest BCUT2D eigenvalue weighted by Gasteiger charge is 2.36. The highest BCUT2D eigenvalue weighted by Crippen LogP contribution is 2.33. The zero-order valence-corrected chi connectivity index (χ0v) is 13.1. The second-order valence-electron chi connectivity index (χ2n) is 5.36. The molecule has 0 aromatic carbocycles. The van der Waals surface area contributed by atoms with E-state index in [-0.39, 0.29) is 24.1 Å². The molecular formula is C14H19N3O3S. The molecule has 0 radical (unpaired) electrons. The molecule has 7 heteroatoms. The summed E-state index contributed by atoms with van der Waals surface area (Å²) in [5.41, 5.74) is 0.182. The topological polar surface area (TPSA) is 62.7 Å². The third-order valence-corrected chi connectivity index (χ3v) is 5.25. The molecular weight excluding hydrogens is 290 g/mol. The lowest BCUT2D eigenvalue weighted by Gasteiger charge is -2.46. The molecule has 1 aromatic rings. The van der Waals surface area contributed by atoms with Crippen molar-refractivity contribution in [2.24, 2.45) is 0 Å². The molecule has 4 heterocycles. The molecule has 1 atom stereocenters. The van der Waals surface area contributed by atoms with E-state index < -0.39 is 5.97 Å². The number of thiazole rings is 1. The normalized spacial score (nSPS) is 27.6. The second-order valence-corrected chi connectivity index (χ2v) is 6.39. The predicted molar refractivity (Wildman–Crippen MR) is 78.8 cm³/mol. The summed E-state index contributed by atoms with van der Waals surface area (Å²) in [6.45, 7) is 8.65. The third kappa shape index (κ3) is 2.73. The molecule has 0 aliphatic carbocycles. The van der Waals surface area contributed by atoms with Crippen LogP contribution in [0.25, 0.3) is 0 Å². The van der Waals surface area contributed by atoms with Crippen LogP contribution in [0.15, 0.2) is 0 Å². The maximum atomic E-state index is 12.0. The second kappa shape index (κ2) is 5.82. The van der Waals surface area contributed by atoms with Crippen molar-refractivity contribution in [3.05, 3.63) is 15.6 Å². The highest BCUT2D eigenvalue weighted by molar-refractivity contribution is 7.14. The summed E-state index contributed by atoms with van der Waals surface area (Å²) in [5.74, 6) is -0.625. The minimum absolute atomic E-state index is 0.127. The van der Waals surface area contributed by atoms with Gasteiger partial charge in [-0.1, -0.05) is 0 Å². The van der Waals surface area contributed by atoms with Crippen LogP contribution in [0.5, 0.6) is 0 Å². The predicted octanol–water partition coefficient (Wildman–Crippen LogP) is 1.19. The lowest BCUT2D eigenvalue weighted by atomic mass is 10.1. The Bertz CT molecular complexity index is 564. The summed E-state index contributed by atoms with van der Waals surface area (Å²) in [7, 11) is 0. The fourth-order valence-corrected chi connectivity index (χ4v) is 3.98. The molecule has 0 saturated carbocycles. The van der Waals surface area contributed by atoms with Gasteiger partial charge in [0.1, 0.15) is 9.88 Å². The van der Waals surface area contributed by atoms with Crippen LogP contribution < -0.4 is 0 Å². The molecule has 0 amide bonds. The van der Waals surface area contributed by atoms with Crippen LogP contribution in [-0.2, 0) is 4.74 Å². The van der Waals surface area contributed by atoms with E-state index in [0.29, 0.717) is 4.88 Å². The number of esters is 1. The monoisotopic (exact) mass is 309 g/mol. The number of nitrogens with zero attached hydrogens (tertiary/aromatic N) is 3. The number of fused-ring (bicyclic) bond motifs is 3. The van der Waals surface area contributed by atoms with Gasteiger partial charge in [-0.3, -0.25) is 14.6 Å². The lowest BCUT2D eigenvalue weighted by Crippen LogP contribution is -2.56. The van der Waals surface area contributed by atoms with Gasteiger partial charge in [-0.25, -0.2) is 9.78 Å². The van der Waals surface area contributed by atoms with E-state index in [4.69, 9.17) is 4.74 Å². The fourth-order valence-electron chi connectivity index (χ4n) is 2.91. The number of piperazine rings is 3. The Labute approximate surface area is 127 Å². The van der Waals surface area contributed by atoms with E-state index in [0.717, 1.165) is 37.7 Å². The van der Waals surface area contributed by atoms with E-state index in [1.54, 1.807) is 6.92 Å². The number of aromatic nitrogens is 1. The molecule has 114 valence electrons. The van der Waals surface area contributed by atoms with Crippen molar-refractivity contribution >= 4 is 23.1 Å². The molecule has 21 heavy (non-hydrogen) atoms.